The van der Waals surface area contributed by atoms with Gasteiger partial charge in [-0.05, 0) is 56.8 Å². The van der Waals surface area contributed by atoms with Crippen LogP contribution in [-0.2, 0) is 12.8 Å². The number of aromatic hydroxyl groups is 1. The smallest absolute Gasteiger partial charge is 0.163 e. The van der Waals surface area contributed by atoms with Gasteiger partial charge in [-0.2, -0.15) is 0 Å². The van der Waals surface area contributed by atoms with Crippen LogP contribution >= 0.6 is 0 Å². The van der Waals surface area contributed by atoms with E-state index in [0.29, 0.717) is 11.8 Å². The van der Waals surface area contributed by atoms with Crippen molar-refractivity contribution >= 4 is 0 Å². The predicted molar refractivity (Wildman–Crippen MR) is 82.6 cm³/mol. The zero-order valence-corrected chi connectivity index (χ0v) is 13.0. The second-order valence-corrected chi connectivity index (χ2v) is 5.69. The SMILES string of the molecule is CCCN(CCC)[C@@H]1CCc2c(ccc(O)c2OC)C1. The number of phenols is 1. The van der Waals surface area contributed by atoms with Crippen molar-refractivity contribution < 1.29 is 9.84 Å². The lowest BCUT2D eigenvalue weighted by Gasteiger charge is -2.35. The molecule has 1 atom stereocenters. The predicted octanol–water partition coefficient (Wildman–Crippen LogP) is 3.38. The molecule has 0 fully saturated rings. The molecule has 0 bridgehead atoms. The van der Waals surface area contributed by atoms with Crippen LogP contribution in [0.2, 0.25) is 0 Å². The monoisotopic (exact) mass is 277 g/mol. The minimum absolute atomic E-state index is 0.267. The van der Waals surface area contributed by atoms with Crippen molar-refractivity contribution in [1.29, 1.82) is 0 Å². The zero-order chi connectivity index (χ0) is 14.5. The molecule has 20 heavy (non-hydrogen) atoms. The summed E-state index contributed by atoms with van der Waals surface area (Å²) in [7, 11) is 1.64. The highest BCUT2D eigenvalue weighted by Gasteiger charge is 2.26. The Hall–Kier alpha value is -1.22. The first-order chi connectivity index (χ1) is 9.71. The second-order valence-electron chi connectivity index (χ2n) is 5.69. The molecule has 0 saturated heterocycles. The summed E-state index contributed by atoms with van der Waals surface area (Å²) in [5, 5.41) is 9.87. The van der Waals surface area contributed by atoms with Gasteiger partial charge in [0.1, 0.15) is 0 Å². The molecule has 112 valence electrons. The van der Waals surface area contributed by atoms with Crippen molar-refractivity contribution in [2.45, 2.75) is 52.0 Å². The van der Waals surface area contributed by atoms with Gasteiger partial charge in [0.25, 0.3) is 0 Å². The van der Waals surface area contributed by atoms with Gasteiger partial charge in [-0.3, -0.25) is 0 Å². The van der Waals surface area contributed by atoms with Crippen molar-refractivity contribution in [3.05, 3.63) is 23.3 Å². The maximum Gasteiger partial charge on any atom is 0.163 e. The third kappa shape index (κ3) is 3.09. The van der Waals surface area contributed by atoms with Crippen LogP contribution in [0, 0.1) is 0 Å². The largest absolute Gasteiger partial charge is 0.504 e. The molecule has 0 spiro atoms. The molecule has 2 rings (SSSR count). The Kier molecular flexibility index (Phi) is 5.30. The molecular formula is C17H27NO2. The Morgan fingerprint density at radius 2 is 1.95 bits per heavy atom. The van der Waals surface area contributed by atoms with E-state index in [1.807, 2.05) is 0 Å². The summed E-state index contributed by atoms with van der Waals surface area (Å²) in [4.78, 5) is 2.63. The molecule has 0 aromatic heterocycles. The van der Waals surface area contributed by atoms with Gasteiger partial charge in [0.05, 0.1) is 7.11 Å². The van der Waals surface area contributed by atoms with E-state index in [2.05, 4.69) is 24.8 Å². The van der Waals surface area contributed by atoms with Crippen molar-refractivity contribution in [3.63, 3.8) is 0 Å². The maximum atomic E-state index is 9.87. The summed E-state index contributed by atoms with van der Waals surface area (Å²) < 4.78 is 5.37. The van der Waals surface area contributed by atoms with E-state index in [9.17, 15) is 5.11 Å². The molecule has 0 saturated carbocycles. The van der Waals surface area contributed by atoms with Gasteiger partial charge in [-0.1, -0.05) is 19.9 Å². The lowest BCUT2D eigenvalue weighted by Crippen LogP contribution is -2.40. The molecular weight excluding hydrogens is 250 g/mol. The Balaban J connectivity index is 2.18. The summed E-state index contributed by atoms with van der Waals surface area (Å²) in [5.74, 6) is 0.946. The average Bonchev–Trinajstić information content (AvgIpc) is 2.46. The van der Waals surface area contributed by atoms with Gasteiger partial charge in [0.15, 0.2) is 11.5 Å². The summed E-state index contributed by atoms with van der Waals surface area (Å²) in [6, 6.07) is 4.47. The van der Waals surface area contributed by atoms with Crippen molar-refractivity contribution in [1.82, 2.24) is 4.90 Å². The van der Waals surface area contributed by atoms with Gasteiger partial charge >= 0.3 is 0 Å². The molecule has 1 aliphatic rings. The Morgan fingerprint density at radius 3 is 2.55 bits per heavy atom. The Labute approximate surface area is 122 Å². The van der Waals surface area contributed by atoms with E-state index >= 15 is 0 Å². The van der Waals surface area contributed by atoms with E-state index in [1.54, 1.807) is 13.2 Å². The van der Waals surface area contributed by atoms with Crippen LogP contribution in [0.5, 0.6) is 11.5 Å². The van der Waals surface area contributed by atoms with E-state index in [0.717, 1.165) is 19.3 Å². The van der Waals surface area contributed by atoms with Gasteiger partial charge in [-0.25, -0.2) is 0 Å². The Morgan fingerprint density at radius 1 is 1.25 bits per heavy atom. The van der Waals surface area contributed by atoms with Crippen molar-refractivity contribution in [2.24, 2.45) is 0 Å². The molecule has 3 nitrogen and oxygen atoms in total. The summed E-state index contributed by atoms with van der Waals surface area (Å²) in [5.41, 5.74) is 2.55. The summed E-state index contributed by atoms with van der Waals surface area (Å²) in [6.07, 6.45) is 5.66. The molecule has 3 heteroatoms. The van der Waals surface area contributed by atoms with Crippen LogP contribution in [0.15, 0.2) is 12.1 Å². The van der Waals surface area contributed by atoms with E-state index < -0.39 is 0 Å². The number of hydrogen-bond donors (Lipinski definition) is 1. The van der Waals surface area contributed by atoms with Crippen molar-refractivity contribution in [3.8, 4) is 11.5 Å². The van der Waals surface area contributed by atoms with Crippen LogP contribution in [0.1, 0.15) is 44.2 Å². The van der Waals surface area contributed by atoms with E-state index in [4.69, 9.17) is 4.74 Å². The average molecular weight is 277 g/mol. The van der Waals surface area contributed by atoms with Gasteiger partial charge in [-0.15, -0.1) is 0 Å². The number of ether oxygens (including phenoxy) is 1. The molecule has 0 aliphatic heterocycles. The molecule has 1 aromatic rings. The van der Waals surface area contributed by atoms with Gasteiger partial charge in [0.2, 0.25) is 0 Å². The first kappa shape index (κ1) is 15.2. The Bertz CT molecular complexity index is 439. The van der Waals surface area contributed by atoms with E-state index in [-0.39, 0.29) is 5.75 Å². The summed E-state index contributed by atoms with van der Waals surface area (Å²) in [6.45, 7) is 6.87. The molecule has 0 heterocycles. The molecule has 1 aliphatic carbocycles. The number of rotatable bonds is 6. The van der Waals surface area contributed by atoms with Gasteiger partial charge in [0, 0.05) is 11.6 Å². The highest BCUT2D eigenvalue weighted by atomic mass is 16.5. The fourth-order valence-electron chi connectivity index (χ4n) is 3.38. The van der Waals surface area contributed by atoms with Crippen LogP contribution < -0.4 is 4.74 Å². The molecule has 0 radical (unpaired) electrons. The number of hydrogen-bond acceptors (Lipinski definition) is 3. The summed E-state index contributed by atoms with van der Waals surface area (Å²) >= 11 is 0. The van der Waals surface area contributed by atoms with E-state index in [1.165, 1.54) is 37.1 Å². The molecule has 1 N–H and O–H groups in total. The lowest BCUT2D eigenvalue weighted by molar-refractivity contribution is 0.179. The highest BCUT2D eigenvalue weighted by molar-refractivity contribution is 5.51. The standard InChI is InChI=1S/C17H27NO2/c1-4-10-18(11-5-2)14-7-8-15-13(12-14)6-9-16(19)17(15)20-3/h6,9,14,19H,4-5,7-8,10-12H2,1-3H3/t14-/m1/s1. The molecule has 1 aromatic carbocycles. The molecule has 0 unspecified atom stereocenters. The number of benzene rings is 1. The maximum absolute atomic E-state index is 9.87. The third-order valence-electron chi connectivity index (χ3n) is 4.26. The molecule has 0 amide bonds. The second kappa shape index (κ2) is 6.98. The first-order valence-electron chi connectivity index (χ1n) is 7.83. The van der Waals surface area contributed by atoms with Gasteiger partial charge < -0.3 is 14.7 Å². The van der Waals surface area contributed by atoms with Crippen LogP contribution in [0.4, 0.5) is 0 Å². The number of phenolic OH excluding ortho intramolecular Hbond substituents is 1. The fourth-order valence-corrected chi connectivity index (χ4v) is 3.38. The third-order valence-corrected chi connectivity index (χ3v) is 4.26. The fraction of sp³-hybridized carbons (Fsp3) is 0.647. The highest BCUT2D eigenvalue weighted by Crippen LogP contribution is 2.37. The van der Waals surface area contributed by atoms with Crippen LogP contribution in [0.25, 0.3) is 0 Å². The van der Waals surface area contributed by atoms with Crippen LogP contribution in [0.3, 0.4) is 0 Å². The topological polar surface area (TPSA) is 32.7 Å². The number of methoxy groups -OCH3 is 1. The minimum Gasteiger partial charge on any atom is -0.504 e. The number of nitrogens with zero attached hydrogens (tertiary/aromatic N) is 1. The quantitative estimate of drug-likeness (QED) is 0.865. The van der Waals surface area contributed by atoms with Crippen molar-refractivity contribution in [2.75, 3.05) is 20.2 Å². The lowest BCUT2D eigenvalue weighted by atomic mass is 9.86. The van der Waals surface area contributed by atoms with Crippen LogP contribution in [-0.4, -0.2) is 36.2 Å². The minimum atomic E-state index is 0.267. The zero-order valence-electron chi connectivity index (χ0n) is 13.0. The normalized spacial score (nSPS) is 18.1. The first-order valence-corrected chi connectivity index (χ1v) is 7.83. The number of fused-ring (bicyclic) bond motifs is 1.